The van der Waals surface area contributed by atoms with E-state index in [-0.39, 0.29) is 5.91 Å². The van der Waals surface area contributed by atoms with Crippen molar-refractivity contribution >= 4 is 28.6 Å². The summed E-state index contributed by atoms with van der Waals surface area (Å²) in [5.74, 6) is -0.128. The number of nitrogen functional groups attached to an aromatic ring is 1. The summed E-state index contributed by atoms with van der Waals surface area (Å²) in [6, 6.07) is 5.22. The molecule has 4 N–H and O–H groups in total. The zero-order valence-electron chi connectivity index (χ0n) is 11.6. The maximum Gasteiger partial charge on any atom is 0.253 e. The van der Waals surface area contributed by atoms with E-state index >= 15 is 0 Å². The van der Waals surface area contributed by atoms with Gasteiger partial charge in [-0.3, -0.25) is 4.79 Å². The highest BCUT2D eigenvalue weighted by Crippen LogP contribution is 2.19. The van der Waals surface area contributed by atoms with Gasteiger partial charge in [-0.1, -0.05) is 0 Å². The van der Waals surface area contributed by atoms with E-state index in [1.807, 2.05) is 6.92 Å². The monoisotopic (exact) mass is 290 g/mol. The molecule has 0 aliphatic carbocycles. The van der Waals surface area contributed by atoms with Gasteiger partial charge in [-0.15, -0.1) is 11.3 Å². The second-order valence-electron chi connectivity index (χ2n) is 4.42. The summed E-state index contributed by atoms with van der Waals surface area (Å²) in [5.41, 5.74) is 8.80. The molecule has 106 valence electrons. The van der Waals surface area contributed by atoms with Gasteiger partial charge >= 0.3 is 0 Å². The third kappa shape index (κ3) is 3.48. The molecule has 0 aliphatic heterocycles. The van der Waals surface area contributed by atoms with Crippen LogP contribution < -0.4 is 16.4 Å². The second kappa shape index (κ2) is 6.38. The molecular formula is C14H18N4OS. The van der Waals surface area contributed by atoms with Crippen LogP contribution in [0, 0.1) is 6.92 Å². The average Bonchev–Trinajstić information content (AvgIpc) is 2.84. The molecule has 2 rings (SSSR count). The molecule has 0 radical (unpaired) electrons. The number of nitrogens with zero attached hydrogens (tertiary/aromatic N) is 1. The van der Waals surface area contributed by atoms with Crippen LogP contribution in [0.4, 0.5) is 11.4 Å². The molecular weight excluding hydrogens is 272 g/mol. The Morgan fingerprint density at radius 3 is 2.90 bits per heavy atom. The van der Waals surface area contributed by atoms with Crippen LogP contribution in [-0.4, -0.2) is 24.5 Å². The normalized spacial score (nSPS) is 10.3. The minimum absolute atomic E-state index is 0.128. The first-order valence-electron chi connectivity index (χ1n) is 6.36. The Bertz CT molecular complexity index is 609. The zero-order valence-corrected chi connectivity index (χ0v) is 12.4. The number of benzene rings is 1. The van der Waals surface area contributed by atoms with Crippen LogP contribution >= 0.6 is 11.3 Å². The van der Waals surface area contributed by atoms with Gasteiger partial charge in [0.2, 0.25) is 0 Å². The number of anilines is 2. The first-order chi connectivity index (χ1) is 9.60. The number of rotatable bonds is 5. The fraction of sp³-hybridized carbons (Fsp3) is 0.286. The van der Waals surface area contributed by atoms with Crippen LogP contribution in [0.25, 0.3) is 0 Å². The number of thiazole rings is 1. The van der Waals surface area contributed by atoms with Crippen LogP contribution in [0.15, 0.2) is 23.6 Å². The van der Waals surface area contributed by atoms with E-state index < -0.39 is 0 Å². The predicted octanol–water partition coefficient (Wildman–Crippen LogP) is 2.05. The summed E-state index contributed by atoms with van der Waals surface area (Å²) in [4.78, 5) is 16.2. The first kappa shape index (κ1) is 14.3. The largest absolute Gasteiger partial charge is 0.399 e. The van der Waals surface area contributed by atoms with E-state index in [1.54, 1.807) is 36.6 Å². The Morgan fingerprint density at radius 2 is 2.25 bits per heavy atom. The van der Waals surface area contributed by atoms with Crippen LogP contribution in [-0.2, 0) is 6.42 Å². The van der Waals surface area contributed by atoms with E-state index in [4.69, 9.17) is 5.73 Å². The Balaban J connectivity index is 2.04. The highest BCUT2D eigenvalue weighted by molar-refractivity contribution is 7.09. The molecule has 5 nitrogen and oxygen atoms in total. The van der Waals surface area contributed by atoms with E-state index in [1.165, 1.54) is 0 Å². The fourth-order valence-corrected chi connectivity index (χ4v) is 2.54. The van der Waals surface area contributed by atoms with Gasteiger partial charge in [0.25, 0.3) is 5.91 Å². The molecule has 1 aromatic carbocycles. The second-order valence-corrected chi connectivity index (χ2v) is 5.48. The molecule has 0 spiro atoms. The lowest BCUT2D eigenvalue weighted by Crippen LogP contribution is -2.20. The van der Waals surface area contributed by atoms with Crippen LogP contribution in [0.2, 0.25) is 0 Å². The number of aryl methyl sites for hydroxylation is 1. The fourth-order valence-electron chi connectivity index (χ4n) is 1.89. The van der Waals surface area contributed by atoms with Gasteiger partial charge < -0.3 is 16.4 Å². The van der Waals surface area contributed by atoms with Crippen LogP contribution in [0.5, 0.6) is 0 Å². The van der Waals surface area contributed by atoms with E-state index in [9.17, 15) is 4.79 Å². The summed E-state index contributed by atoms with van der Waals surface area (Å²) in [5, 5.41) is 8.99. The van der Waals surface area contributed by atoms with E-state index in [0.29, 0.717) is 17.8 Å². The average molecular weight is 290 g/mol. The van der Waals surface area contributed by atoms with E-state index in [2.05, 4.69) is 21.0 Å². The van der Waals surface area contributed by atoms with Crippen molar-refractivity contribution in [3.05, 3.63) is 39.8 Å². The topological polar surface area (TPSA) is 80.0 Å². The third-order valence-corrected chi connectivity index (χ3v) is 3.70. The molecule has 0 bridgehead atoms. The molecule has 1 aromatic heterocycles. The molecule has 20 heavy (non-hydrogen) atoms. The van der Waals surface area contributed by atoms with Crippen LogP contribution in [0.3, 0.4) is 0 Å². The number of carbonyl (C=O) groups is 1. The van der Waals surface area contributed by atoms with Gasteiger partial charge in [0.05, 0.1) is 16.3 Å². The molecule has 0 saturated heterocycles. The maximum absolute atomic E-state index is 11.8. The molecule has 0 fully saturated rings. The van der Waals surface area contributed by atoms with Crippen molar-refractivity contribution in [2.24, 2.45) is 0 Å². The molecule has 0 atom stereocenters. The van der Waals surface area contributed by atoms with Crippen molar-refractivity contribution in [2.75, 3.05) is 24.6 Å². The van der Waals surface area contributed by atoms with E-state index in [0.717, 1.165) is 22.8 Å². The van der Waals surface area contributed by atoms with Crippen molar-refractivity contribution in [1.82, 2.24) is 10.3 Å². The van der Waals surface area contributed by atoms with Gasteiger partial charge in [-0.25, -0.2) is 4.98 Å². The number of nitrogens with two attached hydrogens (primary N) is 1. The van der Waals surface area contributed by atoms with Crippen molar-refractivity contribution in [1.29, 1.82) is 0 Å². The summed E-state index contributed by atoms with van der Waals surface area (Å²) in [7, 11) is 1.61. The minimum Gasteiger partial charge on any atom is -0.399 e. The predicted molar refractivity (Wildman–Crippen MR) is 83.3 cm³/mol. The number of amides is 1. The third-order valence-electron chi connectivity index (χ3n) is 2.88. The molecule has 2 aromatic rings. The Kier molecular flexibility index (Phi) is 4.57. The number of carbonyl (C=O) groups excluding carboxylic acids is 1. The summed E-state index contributed by atoms with van der Waals surface area (Å²) in [6.07, 6.45) is 0.812. The number of hydrogen-bond donors (Lipinski definition) is 3. The number of nitrogens with one attached hydrogen (secondary N) is 2. The van der Waals surface area contributed by atoms with Crippen molar-refractivity contribution in [3.63, 3.8) is 0 Å². The number of hydrogen-bond acceptors (Lipinski definition) is 5. The highest BCUT2D eigenvalue weighted by Gasteiger charge is 2.10. The quantitative estimate of drug-likeness (QED) is 0.736. The van der Waals surface area contributed by atoms with Crippen LogP contribution in [0.1, 0.15) is 21.1 Å². The summed E-state index contributed by atoms with van der Waals surface area (Å²) < 4.78 is 0. The van der Waals surface area contributed by atoms with Gasteiger partial charge in [0, 0.05) is 36.8 Å². The Morgan fingerprint density at radius 1 is 1.45 bits per heavy atom. The smallest absolute Gasteiger partial charge is 0.253 e. The zero-order chi connectivity index (χ0) is 14.5. The molecule has 1 amide bonds. The van der Waals surface area contributed by atoms with Gasteiger partial charge in [-0.05, 0) is 25.1 Å². The van der Waals surface area contributed by atoms with Gasteiger partial charge in [-0.2, -0.15) is 0 Å². The lowest BCUT2D eigenvalue weighted by atomic mass is 10.1. The molecule has 0 saturated carbocycles. The van der Waals surface area contributed by atoms with Gasteiger partial charge in [0.15, 0.2) is 0 Å². The number of aromatic nitrogens is 1. The minimum atomic E-state index is -0.128. The molecule has 0 aliphatic rings. The Hall–Kier alpha value is -2.08. The first-order valence-corrected chi connectivity index (χ1v) is 7.24. The summed E-state index contributed by atoms with van der Waals surface area (Å²) >= 11 is 1.64. The maximum atomic E-state index is 11.8. The SMILES string of the molecule is CNC(=O)c1ccc(N)cc1NCCc1csc(C)n1. The molecule has 1 heterocycles. The molecule has 0 unspecified atom stereocenters. The standard InChI is InChI=1S/C14H18N4OS/c1-9-18-11(8-20-9)5-6-17-13-7-10(15)3-4-12(13)14(19)16-2/h3-4,7-8,17H,5-6,15H2,1-2H3,(H,16,19). The Labute approximate surface area is 122 Å². The lowest BCUT2D eigenvalue weighted by molar-refractivity contribution is 0.0964. The van der Waals surface area contributed by atoms with Crippen molar-refractivity contribution < 1.29 is 4.79 Å². The lowest BCUT2D eigenvalue weighted by Gasteiger charge is -2.11. The summed E-state index contributed by atoms with van der Waals surface area (Å²) in [6.45, 7) is 2.69. The highest BCUT2D eigenvalue weighted by atomic mass is 32.1. The van der Waals surface area contributed by atoms with Crippen molar-refractivity contribution in [3.8, 4) is 0 Å². The molecule has 6 heteroatoms. The van der Waals surface area contributed by atoms with Crippen molar-refractivity contribution in [2.45, 2.75) is 13.3 Å². The van der Waals surface area contributed by atoms with Gasteiger partial charge in [0.1, 0.15) is 0 Å².